The van der Waals surface area contributed by atoms with Crippen LogP contribution in [0.5, 0.6) is 0 Å². The fraction of sp³-hybridized carbons (Fsp3) is 0.130. The molecule has 57 heavy (non-hydrogen) atoms. The van der Waals surface area contributed by atoms with E-state index in [9.17, 15) is 0 Å². The maximum Gasteiger partial charge on any atom is 0.138 e. The van der Waals surface area contributed by atoms with E-state index >= 15 is 0 Å². The number of thiophene rings is 1. The van der Waals surface area contributed by atoms with Crippen molar-refractivity contribution in [2.75, 3.05) is 4.90 Å². The summed E-state index contributed by atoms with van der Waals surface area (Å²) in [6, 6.07) is 58.2. The molecule has 7 aromatic carbocycles. The first-order valence-electron chi connectivity index (χ1n) is 19.9. The van der Waals surface area contributed by atoms with Crippen LogP contribution in [0.2, 0.25) is 0 Å². The fourth-order valence-corrected chi connectivity index (χ4v) is 10.2. The molecule has 0 N–H and O–H groups in total. The zero-order chi connectivity index (χ0) is 39.0. The molecule has 0 spiro atoms. The Morgan fingerprint density at radius 1 is 0.456 bits per heavy atom. The molecule has 0 saturated heterocycles. The van der Waals surface area contributed by atoms with Gasteiger partial charge in [0.25, 0.3) is 0 Å². The molecule has 0 amide bonds. The van der Waals surface area contributed by atoms with Crippen molar-refractivity contribution in [2.24, 2.45) is 0 Å². The first-order chi connectivity index (χ1) is 27.7. The number of aromatic nitrogens is 1. The van der Waals surface area contributed by atoms with Gasteiger partial charge in [-0.3, -0.25) is 4.90 Å². The average molecular weight is 753 g/mol. The topological polar surface area (TPSA) is 16.1 Å². The molecular weight excluding hydrogens is 709 g/mol. The average Bonchev–Trinajstić information content (AvgIpc) is 3.70. The highest BCUT2D eigenvalue weighted by Crippen LogP contribution is 2.52. The summed E-state index contributed by atoms with van der Waals surface area (Å²) in [6.07, 6.45) is 0. The molecule has 2 nitrogen and oxygen atoms in total. The zero-order valence-electron chi connectivity index (χ0n) is 33.3. The van der Waals surface area contributed by atoms with Crippen LogP contribution in [0.3, 0.4) is 0 Å². The number of nitrogens with zero attached hydrogens (tertiary/aromatic N) is 2. The Kier molecular flexibility index (Phi) is 8.28. The summed E-state index contributed by atoms with van der Waals surface area (Å²) < 4.78 is 2.46. The van der Waals surface area contributed by atoms with E-state index in [-0.39, 0.29) is 5.41 Å². The maximum absolute atomic E-state index is 5.45. The molecule has 0 unspecified atom stereocenters. The van der Waals surface area contributed by atoms with Gasteiger partial charge < -0.3 is 0 Å². The number of hydrogen-bond acceptors (Lipinski definition) is 3. The Labute approximate surface area is 339 Å². The van der Waals surface area contributed by atoms with Crippen molar-refractivity contribution in [1.82, 2.24) is 4.98 Å². The summed E-state index contributed by atoms with van der Waals surface area (Å²) in [6.45, 7) is 13.6. The molecule has 0 atom stereocenters. The van der Waals surface area contributed by atoms with Gasteiger partial charge in [-0.1, -0.05) is 123 Å². The molecule has 9 aromatic rings. The van der Waals surface area contributed by atoms with E-state index in [0.717, 1.165) is 22.7 Å². The molecular formula is C54H44N2S. The van der Waals surface area contributed by atoms with Gasteiger partial charge in [0, 0.05) is 26.9 Å². The smallest absolute Gasteiger partial charge is 0.138 e. The van der Waals surface area contributed by atoms with Gasteiger partial charge in [-0.2, -0.15) is 0 Å². The van der Waals surface area contributed by atoms with E-state index in [1.807, 2.05) is 0 Å². The van der Waals surface area contributed by atoms with Crippen LogP contribution in [0.25, 0.3) is 64.8 Å². The second-order valence-electron chi connectivity index (χ2n) is 16.2. The highest BCUT2D eigenvalue weighted by Gasteiger charge is 2.36. The minimum absolute atomic E-state index is 0.218. The van der Waals surface area contributed by atoms with Crippen LogP contribution >= 0.6 is 11.3 Å². The van der Waals surface area contributed by atoms with Crippen LogP contribution in [0.1, 0.15) is 47.2 Å². The lowest BCUT2D eigenvalue weighted by atomic mass is 9.81. The SMILES string of the molecule is Cc1ccccc1-c1cc(N(c2ccc3c(c2)C(C)(C)c2cc(-c4cccc(-c5ccccc5C)c4C)ccc2-3)c2ccc3sc4ccccc4c3n2)ccc1C. The van der Waals surface area contributed by atoms with Gasteiger partial charge >= 0.3 is 0 Å². The predicted octanol–water partition coefficient (Wildman–Crippen LogP) is 15.5. The van der Waals surface area contributed by atoms with Crippen LogP contribution in [0.15, 0.2) is 158 Å². The number of benzene rings is 7. The van der Waals surface area contributed by atoms with Gasteiger partial charge in [0.2, 0.25) is 0 Å². The second-order valence-corrected chi connectivity index (χ2v) is 17.3. The van der Waals surface area contributed by atoms with E-state index in [4.69, 9.17) is 4.98 Å². The highest BCUT2D eigenvalue weighted by molar-refractivity contribution is 7.25. The van der Waals surface area contributed by atoms with E-state index in [1.165, 1.54) is 92.7 Å². The number of anilines is 3. The van der Waals surface area contributed by atoms with E-state index < -0.39 is 0 Å². The lowest BCUT2D eigenvalue weighted by Crippen LogP contribution is -2.17. The Morgan fingerprint density at radius 3 is 1.82 bits per heavy atom. The summed E-state index contributed by atoms with van der Waals surface area (Å²) in [4.78, 5) is 7.81. The molecule has 0 saturated carbocycles. The highest BCUT2D eigenvalue weighted by atomic mass is 32.1. The third kappa shape index (κ3) is 5.71. The van der Waals surface area contributed by atoms with Crippen molar-refractivity contribution < 1.29 is 0 Å². The summed E-state index contributed by atoms with van der Waals surface area (Å²) in [5.74, 6) is 0.908. The van der Waals surface area contributed by atoms with E-state index in [0.29, 0.717) is 0 Å². The molecule has 1 aliphatic rings. The van der Waals surface area contributed by atoms with Crippen LogP contribution in [-0.4, -0.2) is 4.98 Å². The van der Waals surface area contributed by atoms with Crippen molar-refractivity contribution in [3.05, 3.63) is 191 Å². The first kappa shape index (κ1) is 35.1. The molecule has 0 radical (unpaired) electrons. The number of fused-ring (bicyclic) bond motifs is 6. The standard InChI is InChI=1S/C54H44N2S/c1-33-14-7-9-16-40(33)43-20-13-19-42(36(43)4)37-23-26-44-45-27-25-39(32-49(45)54(5,6)48(44)30-37)56(38-24-22-35(3)47(31-38)41-17-10-8-15-34(41)2)52-29-28-51-53(55-52)46-18-11-12-21-50(46)57-51/h7-32H,1-6H3. The molecule has 3 heteroatoms. The molecule has 276 valence electrons. The summed E-state index contributed by atoms with van der Waals surface area (Å²) >= 11 is 1.81. The molecule has 2 heterocycles. The molecule has 0 fully saturated rings. The molecule has 2 aromatic heterocycles. The Morgan fingerprint density at radius 2 is 1.05 bits per heavy atom. The molecule has 10 rings (SSSR count). The van der Waals surface area contributed by atoms with Crippen molar-refractivity contribution in [3.8, 4) is 44.5 Å². The monoisotopic (exact) mass is 752 g/mol. The van der Waals surface area contributed by atoms with Gasteiger partial charge in [0.15, 0.2) is 0 Å². The first-order valence-corrected chi connectivity index (χ1v) is 20.7. The quantitative estimate of drug-likeness (QED) is 0.168. The summed E-state index contributed by atoms with van der Waals surface area (Å²) in [5, 5.41) is 1.20. The van der Waals surface area contributed by atoms with E-state index in [1.54, 1.807) is 11.3 Å². The number of hydrogen-bond donors (Lipinski definition) is 0. The Bertz CT molecular complexity index is 3050. The normalized spacial score (nSPS) is 12.9. The third-order valence-electron chi connectivity index (χ3n) is 12.3. The number of pyridine rings is 1. The van der Waals surface area contributed by atoms with Crippen molar-refractivity contribution in [3.63, 3.8) is 0 Å². The molecule has 0 bridgehead atoms. The molecule has 1 aliphatic carbocycles. The van der Waals surface area contributed by atoms with Crippen LogP contribution < -0.4 is 4.90 Å². The van der Waals surface area contributed by atoms with Crippen LogP contribution in [-0.2, 0) is 5.41 Å². The zero-order valence-corrected chi connectivity index (χ0v) is 34.1. The van der Waals surface area contributed by atoms with Crippen molar-refractivity contribution >= 4 is 48.8 Å². The largest absolute Gasteiger partial charge is 0.295 e. The Hall–Kier alpha value is -6.29. The second kappa shape index (κ2) is 13.4. The maximum atomic E-state index is 5.45. The molecule has 0 aliphatic heterocycles. The van der Waals surface area contributed by atoms with Crippen LogP contribution in [0, 0.1) is 27.7 Å². The number of aryl methyl sites for hydroxylation is 3. The third-order valence-corrected chi connectivity index (χ3v) is 13.5. The van der Waals surface area contributed by atoms with E-state index in [2.05, 4.69) is 204 Å². The van der Waals surface area contributed by atoms with Gasteiger partial charge in [0.1, 0.15) is 5.82 Å². The van der Waals surface area contributed by atoms with Gasteiger partial charge in [-0.05, 0) is 154 Å². The Balaban J connectivity index is 1.11. The van der Waals surface area contributed by atoms with Gasteiger partial charge in [-0.15, -0.1) is 11.3 Å². The summed E-state index contributed by atoms with van der Waals surface area (Å²) in [5.41, 5.74) is 21.1. The minimum Gasteiger partial charge on any atom is -0.295 e. The predicted molar refractivity (Wildman–Crippen MR) is 245 cm³/mol. The van der Waals surface area contributed by atoms with Crippen molar-refractivity contribution in [2.45, 2.75) is 47.0 Å². The summed E-state index contributed by atoms with van der Waals surface area (Å²) in [7, 11) is 0. The fourth-order valence-electron chi connectivity index (χ4n) is 9.18. The minimum atomic E-state index is -0.218. The lowest BCUT2D eigenvalue weighted by molar-refractivity contribution is 0.660. The van der Waals surface area contributed by atoms with Crippen molar-refractivity contribution in [1.29, 1.82) is 0 Å². The van der Waals surface area contributed by atoms with Gasteiger partial charge in [-0.25, -0.2) is 4.98 Å². The number of rotatable bonds is 6. The van der Waals surface area contributed by atoms with Gasteiger partial charge in [0.05, 0.1) is 10.2 Å². The lowest BCUT2D eigenvalue weighted by Gasteiger charge is -2.28. The van der Waals surface area contributed by atoms with Crippen LogP contribution in [0.4, 0.5) is 17.2 Å².